The summed E-state index contributed by atoms with van der Waals surface area (Å²) in [4.78, 5) is 15.0. The fraction of sp³-hybridized carbons (Fsp3) is 0. The summed E-state index contributed by atoms with van der Waals surface area (Å²) < 4.78 is 8.60. The number of hydrogen-bond donors (Lipinski definition) is 0. The molecule has 50 heavy (non-hydrogen) atoms. The van der Waals surface area contributed by atoms with Crippen molar-refractivity contribution in [2.45, 2.75) is 0 Å². The molecule has 0 saturated heterocycles. The third kappa shape index (κ3) is 4.60. The van der Waals surface area contributed by atoms with Crippen molar-refractivity contribution in [2.75, 3.05) is 0 Å². The molecule has 7 aromatic carbocycles. The molecule has 0 N–H and O–H groups in total. The molecule has 10 aromatic rings. The molecule has 234 valence electrons. The molecule has 0 radical (unpaired) electrons. The van der Waals surface area contributed by atoms with Crippen LogP contribution in [0.15, 0.2) is 174 Å². The number of furan rings is 1. The fourth-order valence-corrected chi connectivity index (χ4v) is 7.13. The number of fused-ring (bicyclic) bond motifs is 6. The van der Waals surface area contributed by atoms with Crippen LogP contribution in [0.3, 0.4) is 0 Å². The van der Waals surface area contributed by atoms with Gasteiger partial charge in [-0.25, -0.2) is 15.0 Å². The summed E-state index contributed by atoms with van der Waals surface area (Å²) in [5.74, 6) is 1.91. The van der Waals surface area contributed by atoms with Gasteiger partial charge in [0.25, 0.3) is 0 Å². The van der Waals surface area contributed by atoms with Crippen molar-refractivity contribution in [3.05, 3.63) is 170 Å². The van der Waals surface area contributed by atoms with Crippen LogP contribution in [0.25, 0.3) is 94.7 Å². The van der Waals surface area contributed by atoms with E-state index < -0.39 is 0 Å². The van der Waals surface area contributed by atoms with E-state index in [2.05, 4.69) is 95.6 Å². The topological polar surface area (TPSA) is 56.7 Å². The fourth-order valence-electron chi connectivity index (χ4n) is 7.13. The lowest BCUT2D eigenvalue weighted by molar-refractivity contribution is 0.669. The molecule has 0 amide bonds. The minimum absolute atomic E-state index is 0.628. The summed E-state index contributed by atoms with van der Waals surface area (Å²) in [5, 5.41) is 4.58. The van der Waals surface area contributed by atoms with Crippen molar-refractivity contribution in [3.8, 4) is 51.0 Å². The summed E-state index contributed by atoms with van der Waals surface area (Å²) >= 11 is 0. The van der Waals surface area contributed by atoms with Crippen molar-refractivity contribution >= 4 is 43.7 Å². The van der Waals surface area contributed by atoms with Gasteiger partial charge in [0.1, 0.15) is 11.2 Å². The van der Waals surface area contributed by atoms with E-state index in [9.17, 15) is 0 Å². The van der Waals surface area contributed by atoms with Crippen LogP contribution in [0.1, 0.15) is 0 Å². The van der Waals surface area contributed by atoms with Gasteiger partial charge in [-0.2, -0.15) is 0 Å². The monoisotopic (exact) mass is 640 g/mol. The second kappa shape index (κ2) is 11.4. The summed E-state index contributed by atoms with van der Waals surface area (Å²) in [6.07, 6.45) is 0. The maximum absolute atomic E-state index is 6.25. The smallest absolute Gasteiger partial charge is 0.164 e. The lowest BCUT2D eigenvalue weighted by Gasteiger charge is -2.11. The normalized spacial score (nSPS) is 11.6. The molecule has 5 heteroatoms. The molecule has 3 aromatic heterocycles. The van der Waals surface area contributed by atoms with E-state index in [4.69, 9.17) is 19.4 Å². The van der Waals surface area contributed by atoms with Gasteiger partial charge in [-0.3, -0.25) is 0 Å². The molecule has 0 fully saturated rings. The lowest BCUT2D eigenvalue weighted by Crippen LogP contribution is -2.00. The van der Waals surface area contributed by atoms with Crippen molar-refractivity contribution in [2.24, 2.45) is 0 Å². The SMILES string of the molecule is c1ccc(-c2nc(-c3ccccc3)nc(-c3ccc4c5ccc(-c6cccc7oc8ccccc8c67)cc5n(-c5ccccc5)c4c3)n2)cc1. The van der Waals surface area contributed by atoms with Crippen LogP contribution in [0.4, 0.5) is 0 Å². The van der Waals surface area contributed by atoms with E-state index >= 15 is 0 Å². The first-order valence-corrected chi connectivity index (χ1v) is 16.7. The number of hydrogen-bond acceptors (Lipinski definition) is 4. The van der Waals surface area contributed by atoms with E-state index in [-0.39, 0.29) is 0 Å². The van der Waals surface area contributed by atoms with E-state index in [1.165, 1.54) is 5.39 Å². The highest BCUT2D eigenvalue weighted by atomic mass is 16.3. The van der Waals surface area contributed by atoms with Gasteiger partial charge in [0.15, 0.2) is 17.5 Å². The largest absolute Gasteiger partial charge is 0.456 e. The quantitative estimate of drug-likeness (QED) is 0.188. The molecule has 0 aliphatic heterocycles. The summed E-state index contributed by atoms with van der Waals surface area (Å²) in [5.41, 5.74) is 10.2. The highest BCUT2D eigenvalue weighted by molar-refractivity contribution is 6.15. The Kier molecular flexibility index (Phi) is 6.42. The molecule has 10 rings (SSSR count). The van der Waals surface area contributed by atoms with E-state index in [1.54, 1.807) is 0 Å². The van der Waals surface area contributed by atoms with Crippen LogP contribution in [0.2, 0.25) is 0 Å². The third-order valence-electron chi connectivity index (χ3n) is 9.45. The van der Waals surface area contributed by atoms with Gasteiger partial charge in [-0.15, -0.1) is 0 Å². The third-order valence-corrected chi connectivity index (χ3v) is 9.45. The number of rotatable bonds is 5. The van der Waals surface area contributed by atoms with Crippen molar-refractivity contribution < 1.29 is 4.42 Å². The minimum Gasteiger partial charge on any atom is -0.456 e. The molecule has 0 atom stereocenters. The first-order valence-electron chi connectivity index (χ1n) is 16.7. The Hall–Kier alpha value is -6.85. The number of para-hydroxylation sites is 2. The summed E-state index contributed by atoms with van der Waals surface area (Å²) in [7, 11) is 0. The first-order chi connectivity index (χ1) is 24.8. The van der Waals surface area contributed by atoms with Crippen LogP contribution < -0.4 is 0 Å². The molecule has 0 bridgehead atoms. The molecular formula is C45H28N4O. The second-order valence-electron chi connectivity index (χ2n) is 12.5. The van der Waals surface area contributed by atoms with Crippen molar-refractivity contribution in [3.63, 3.8) is 0 Å². The molecule has 0 aliphatic rings. The highest BCUT2D eigenvalue weighted by Crippen LogP contribution is 2.40. The molecular weight excluding hydrogens is 613 g/mol. The molecule has 5 nitrogen and oxygen atoms in total. The van der Waals surface area contributed by atoms with Crippen molar-refractivity contribution in [1.82, 2.24) is 19.5 Å². The summed E-state index contributed by atoms with van der Waals surface area (Å²) in [6, 6.07) is 58.6. The lowest BCUT2D eigenvalue weighted by atomic mass is 9.98. The van der Waals surface area contributed by atoms with Gasteiger partial charge in [0.2, 0.25) is 0 Å². The number of nitrogens with zero attached hydrogens (tertiary/aromatic N) is 4. The minimum atomic E-state index is 0.628. The average molecular weight is 641 g/mol. The maximum Gasteiger partial charge on any atom is 0.164 e. The molecule has 0 aliphatic carbocycles. The van der Waals surface area contributed by atoms with Gasteiger partial charge in [-0.05, 0) is 47.5 Å². The Bertz CT molecular complexity index is 2800. The van der Waals surface area contributed by atoms with Gasteiger partial charge in [-0.1, -0.05) is 133 Å². The van der Waals surface area contributed by atoms with Crippen LogP contribution >= 0.6 is 0 Å². The Morgan fingerprint density at radius 3 is 1.56 bits per heavy atom. The predicted octanol–water partition coefficient (Wildman–Crippen LogP) is 11.5. The van der Waals surface area contributed by atoms with Crippen LogP contribution in [-0.2, 0) is 0 Å². The predicted molar refractivity (Wildman–Crippen MR) is 203 cm³/mol. The first kappa shape index (κ1) is 28.2. The number of benzene rings is 7. The molecule has 0 spiro atoms. The van der Waals surface area contributed by atoms with Gasteiger partial charge in [0.05, 0.1) is 11.0 Å². The molecule has 3 heterocycles. The average Bonchev–Trinajstić information content (AvgIpc) is 3.74. The molecule has 0 saturated carbocycles. The maximum atomic E-state index is 6.25. The number of aromatic nitrogens is 4. The zero-order valence-electron chi connectivity index (χ0n) is 26.9. The highest BCUT2D eigenvalue weighted by Gasteiger charge is 2.19. The van der Waals surface area contributed by atoms with Crippen molar-refractivity contribution in [1.29, 1.82) is 0 Å². The van der Waals surface area contributed by atoms with Gasteiger partial charge < -0.3 is 8.98 Å². The molecule has 0 unspecified atom stereocenters. The van der Waals surface area contributed by atoms with Crippen LogP contribution in [0.5, 0.6) is 0 Å². The van der Waals surface area contributed by atoms with E-state index in [0.29, 0.717) is 17.5 Å². The zero-order chi connectivity index (χ0) is 33.0. The standard InChI is InChI=1S/C45H28N4O/c1-4-13-29(14-5-1)43-46-44(30-15-6-2-7-16-30)48-45(47-43)32-24-26-36-35-25-23-31(27-38(35)49(39(36)28-32)33-17-8-3-9-18-33)34-20-12-22-41-42(34)37-19-10-11-21-40(37)50-41/h1-28H. The van der Waals surface area contributed by atoms with E-state index in [1.807, 2.05) is 78.9 Å². The Labute approximate surface area is 287 Å². The van der Waals surface area contributed by atoms with Crippen LogP contribution in [-0.4, -0.2) is 19.5 Å². The van der Waals surface area contributed by atoms with Crippen LogP contribution in [0, 0.1) is 0 Å². The Morgan fingerprint density at radius 1 is 0.380 bits per heavy atom. The summed E-state index contributed by atoms with van der Waals surface area (Å²) in [6.45, 7) is 0. The van der Waals surface area contributed by atoms with Gasteiger partial charge >= 0.3 is 0 Å². The van der Waals surface area contributed by atoms with Gasteiger partial charge in [0, 0.05) is 43.9 Å². The van der Waals surface area contributed by atoms with E-state index in [0.717, 1.165) is 71.9 Å². The Balaban J connectivity index is 1.21. The second-order valence-corrected chi connectivity index (χ2v) is 12.5. The Morgan fingerprint density at radius 2 is 0.900 bits per heavy atom. The zero-order valence-corrected chi connectivity index (χ0v) is 26.9.